The molecule has 194 valence electrons. The smallest absolute Gasteiger partial charge is 0.272 e. The standard InChI is InChI=1S/C27H19N5O7/c33-23(16-6-4-10-19(12-16)31(36)37)14-21-22(15-24(34)17-7-5-11-20(13-17)32(38)39)28-26-25(21)27(35)30(29-26)18-8-2-1-3-9-18/h1-13,26,29H,14-15H2/t26-/m0/s1. The Morgan fingerprint density at radius 1 is 0.821 bits per heavy atom. The number of non-ortho nitro benzene ring substituents is 2. The van der Waals surface area contributed by atoms with Crippen molar-refractivity contribution in [2.45, 2.75) is 19.0 Å². The maximum absolute atomic E-state index is 13.5. The topological polar surface area (TPSA) is 165 Å². The number of carbonyl (C=O) groups is 3. The van der Waals surface area contributed by atoms with Crippen molar-refractivity contribution >= 4 is 40.2 Å². The third-order valence-electron chi connectivity index (χ3n) is 6.35. The van der Waals surface area contributed by atoms with E-state index in [2.05, 4.69) is 10.4 Å². The highest BCUT2D eigenvalue weighted by atomic mass is 16.6. The number of amides is 1. The zero-order chi connectivity index (χ0) is 27.7. The van der Waals surface area contributed by atoms with Gasteiger partial charge in [-0.15, -0.1) is 0 Å². The van der Waals surface area contributed by atoms with E-state index in [4.69, 9.17) is 0 Å². The minimum atomic E-state index is -0.849. The number of nitro benzene ring substituents is 2. The van der Waals surface area contributed by atoms with Crippen molar-refractivity contribution < 1.29 is 24.2 Å². The fourth-order valence-electron chi connectivity index (χ4n) is 4.48. The summed E-state index contributed by atoms with van der Waals surface area (Å²) in [7, 11) is 0. The SMILES string of the molecule is O=C(CC1=N[C@H]2NN(c3ccccc3)C(=O)C2=C1CC(=O)c1cccc([N+](=O)[O-])c1)c1cccc([N+](=O)[O-])c1. The number of fused-ring (bicyclic) bond motifs is 1. The van der Waals surface area contributed by atoms with Crippen molar-refractivity contribution in [3.05, 3.63) is 121 Å². The second kappa shape index (κ2) is 10.2. The van der Waals surface area contributed by atoms with Crippen molar-refractivity contribution in [2.24, 2.45) is 4.99 Å². The van der Waals surface area contributed by atoms with E-state index in [0.717, 1.165) is 12.1 Å². The minimum Gasteiger partial charge on any atom is -0.294 e. The van der Waals surface area contributed by atoms with Gasteiger partial charge in [-0.05, 0) is 17.7 Å². The molecule has 5 rings (SSSR count). The summed E-state index contributed by atoms with van der Waals surface area (Å²) in [6, 6.07) is 19.2. The Morgan fingerprint density at radius 2 is 1.38 bits per heavy atom. The number of nitrogens with one attached hydrogen (secondary N) is 1. The van der Waals surface area contributed by atoms with Crippen LogP contribution in [0.5, 0.6) is 0 Å². The molecule has 0 unspecified atom stereocenters. The number of benzene rings is 3. The number of allylic oxidation sites excluding steroid dienone is 1. The number of hydrogen-bond donors (Lipinski definition) is 1. The van der Waals surface area contributed by atoms with E-state index in [1.165, 1.54) is 41.4 Å². The molecule has 1 N–H and O–H groups in total. The molecule has 1 fully saturated rings. The van der Waals surface area contributed by atoms with Gasteiger partial charge in [0.1, 0.15) is 6.17 Å². The largest absolute Gasteiger partial charge is 0.294 e. The van der Waals surface area contributed by atoms with E-state index < -0.39 is 33.5 Å². The van der Waals surface area contributed by atoms with Crippen molar-refractivity contribution in [3.8, 4) is 0 Å². The van der Waals surface area contributed by atoms with E-state index >= 15 is 0 Å². The Kier molecular flexibility index (Phi) is 6.61. The van der Waals surface area contributed by atoms with Crippen molar-refractivity contribution in [1.82, 2.24) is 5.43 Å². The van der Waals surface area contributed by atoms with Crippen molar-refractivity contribution in [2.75, 3.05) is 5.01 Å². The van der Waals surface area contributed by atoms with Crippen LogP contribution >= 0.6 is 0 Å². The van der Waals surface area contributed by atoms with Gasteiger partial charge in [-0.3, -0.25) is 39.6 Å². The molecule has 0 aliphatic carbocycles. The summed E-state index contributed by atoms with van der Waals surface area (Å²) in [4.78, 5) is 65.4. The summed E-state index contributed by atoms with van der Waals surface area (Å²) in [5, 5.41) is 23.6. The molecule has 2 heterocycles. The normalized spacial score (nSPS) is 16.2. The van der Waals surface area contributed by atoms with Crippen molar-refractivity contribution in [1.29, 1.82) is 0 Å². The summed E-state index contributed by atoms with van der Waals surface area (Å²) in [5.41, 5.74) is 3.83. The van der Waals surface area contributed by atoms with Crippen LogP contribution in [0.3, 0.4) is 0 Å². The van der Waals surface area contributed by atoms with Crippen LogP contribution in [0.15, 0.2) is 95.0 Å². The molecule has 0 bridgehead atoms. The highest BCUT2D eigenvalue weighted by molar-refractivity contribution is 6.24. The molecule has 0 aromatic heterocycles. The number of aliphatic imine (C=N–C) groups is 1. The average molecular weight is 525 g/mol. The molecule has 2 aliphatic rings. The quantitative estimate of drug-likeness (QED) is 0.249. The number of Topliss-reactive ketones (excluding diaryl/α,β-unsaturated/α-hetero) is 2. The predicted octanol–water partition coefficient (Wildman–Crippen LogP) is 3.98. The Balaban J connectivity index is 1.48. The summed E-state index contributed by atoms with van der Waals surface area (Å²) in [5.74, 6) is -1.43. The van der Waals surface area contributed by atoms with Crippen molar-refractivity contribution in [3.63, 3.8) is 0 Å². The second-order valence-electron chi connectivity index (χ2n) is 8.79. The van der Waals surface area contributed by atoms with Crippen LogP contribution in [-0.4, -0.2) is 39.2 Å². The zero-order valence-electron chi connectivity index (χ0n) is 20.1. The van der Waals surface area contributed by atoms with Gasteiger partial charge in [0, 0.05) is 47.5 Å². The number of carbonyl (C=O) groups excluding carboxylic acids is 3. The zero-order valence-corrected chi connectivity index (χ0v) is 20.1. The van der Waals surface area contributed by atoms with E-state index in [9.17, 15) is 34.6 Å². The Bertz CT molecular complexity index is 1610. The highest BCUT2D eigenvalue weighted by Gasteiger charge is 2.43. The molecule has 0 spiro atoms. The van der Waals surface area contributed by atoms with Gasteiger partial charge in [0.2, 0.25) is 0 Å². The van der Waals surface area contributed by atoms with Crippen LogP contribution < -0.4 is 10.4 Å². The lowest BCUT2D eigenvalue weighted by molar-refractivity contribution is -0.385. The number of hydrazine groups is 1. The third kappa shape index (κ3) is 4.95. The van der Waals surface area contributed by atoms with Gasteiger partial charge < -0.3 is 0 Å². The predicted molar refractivity (Wildman–Crippen MR) is 139 cm³/mol. The Morgan fingerprint density at radius 3 is 1.95 bits per heavy atom. The lowest BCUT2D eigenvalue weighted by Gasteiger charge is -2.17. The second-order valence-corrected chi connectivity index (χ2v) is 8.79. The molecule has 12 heteroatoms. The fourth-order valence-corrected chi connectivity index (χ4v) is 4.48. The van der Waals surface area contributed by atoms with Gasteiger partial charge in [0.05, 0.1) is 27.5 Å². The molecular formula is C27H19N5O7. The lowest BCUT2D eigenvalue weighted by atomic mass is 9.92. The van der Waals surface area contributed by atoms with E-state index in [0.29, 0.717) is 5.69 Å². The number of hydrogen-bond acceptors (Lipinski definition) is 9. The fraction of sp³-hybridized carbons (Fsp3) is 0.111. The van der Waals surface area contributed by atoms with Gasteiger partial charge >= 0.3 is 0 Å². The number of nitro groups is 2. The van der Waals surface area contributed by atoms with Crippen LogP contribution in [0, 0.1) is 20.2 Å². The average Bonchev–Trinajstić information content (AvgIpc) is 3.44. The number of ketones is 2. The van der Waals surface area contributed by atoms with Gasteiger partial charge in [0.25, 0.3) is 17.3 Å². The molecule has 1 amide bonds. The first-order valence-corrected chi connectivity index (χ1v) is 11.7. The summed E-state index contributed by atoms with van der Waals surface area (Å²) in [6.45, 7) is 0. The maximum atomic E-state index is 13.5. The van der Waals surface area contributed by atoms with Crippen LogP contribution in [-0.2, 0) is 4.79 Å². The molecule has 0 radical (unpaired) electrons. The molecule has 3 aromatic carbocycles. The third-order valence-corrected chi connectivity index (χ3v) is 6.35. The Hall–Kier alpha value is -5.36. The molecule has 0 saturated carbocycles. The molecule has 2 aliphatic heterocycles. The molecule has 3 aromatic rings. The van der Waals surface area contributed by atoms with Gasteiger partial charge in [0.15, 0.2) is 11.6 Å². The molecule has 12 nitrogen and oxygen atoms in total. The maximum Gasteiger partial charge on any atom is 0.272 e. The monoisotopic (exact) mass is 525 g/mol. The number of anilines is 1. The number of rotatable bonds is 9. The summed E-state index contributed by atoms with van der Waals surface area (Å²) in [6.07, 6.45) is -1.48. The highest BCUT2D eigenvalue weighted by Crippen LogP contribution is 2.34. The van der Waals surface area contributed by atoms with Gasteiger partial charge in [-0.1, -0.05) is 42.5 Å². The molecule has 39 heavy (non-hydrogen) atoms. The van der Waals surface area contributed by atoms with Crippen LogP contribution in [0.1, 0.15) is 33.6 Å². The Labute approximate surface area is 220 Å². The number of nitrogens with zero attached hydrogens (tertiary/aromatic N) is 4. The van der Waals surface area contributed by atoms with E-state index in [-0.39, 0.29) is 52.2 Å². The molecule has 1 atom stereocenters. The number of para-hydroxylation sites is 1. The van der Waals surface area contributed by atoms with Gasteiger partial charge in [-0.25, -0.2) is 5.01 Å². The summed E-state index contributed by atoms with van der Waals surface area (Å²) >= 11 is 0. The van der Waals surface area contributed by atoms with Gasteiger partial charge in [-0.2, -0.15) is 5.43 Å². The lowest BCUT2D eigenvalue weighted by Crippen LogP contribution is -2.37. The first-order valence-electron chi connectivity index (χ1n) is 11.7. The van der Waals surface area contributed by atoms with E-state index in [1.807, 2.05) is 0 Å². The first kappa shape index (κ1) is 25.3. The van der Waals surface area contributed by atoms with E-state index in [1.54, 1.807) is 30.3 Å². The van der Waals surface area contributed by atoms with Crippen LogP contribution in [0.25, 0.3) is 0 Å². The molecular weight excluding hydrogens is 506 g/mol. The van der Waals surface area contributed by atoms with Crippen LogP contribution in [0.4, 0.5) is 17.1 Å². The minimum absolute atomic E-state index is 0.0726. The first-order chi connectivity index (χ1) is 18.7. The summed E-state index contributed by atoms with van der Waals surface area (Å²) < 4.78 is 0. The van der Waals surface area contributed by atoms with Crippen LogP contribution in [0.2, 0.25) is 0 Å². The molecule has 1 saturated heterocycles.